The highest BCUT2D eigenvalue weighted by Crippen LogP contribution is 2.27. The predicted octanol–water partition coefficient (Wildman–Crippen LogP) is 3.74. The fourth-order valence-electron chi connectivity index (χ4n) is 2.45. The van der Waals surface area contributed by atoms with E-state index in [0.29, 0.717) is 16.1 Å². The summed E-state index contributed by atoms with van der Waals surface area (Å²) in [7, 11) is 0. The number of esters is 1. The minimum atomic E-state index is -0.305. The van der Waals surface area contributed by atoms with E-state index in [1.807, 2.05) is 26.0 Å². The van der Waals surface area contributed by atoms with E-state index in [1.165, 1.54) is 23.1 Å². The quantitative estimate of drug-likeness (QED) is 0.363. The number of hydrogen-bond acceptors (Lipinski definition) is 8. The Morgan fingerprint density at radius 1 is 1.26 bits per heavy atom. The molecule has 2 aromatic heterocycles. The molecule has 0 atom stereocenters. The van der Waals surface area contributed by atoms with Crippen molar-refractivity contribution in [3.05, 3.63) is 35.1 Å². The molecule has 0 fully saturated rings. The van der Waals surface area contributed by atoms with Gasteiger partial charge < -0.3 is 14.5 Å². The van der Waals surface area contributed by atoms with Crippen LogP contribution in [0.25, 0.3) is 11.0 Å². The highest BCUT2D eigenvalue weighted by molar-refractivity contribution is 8.01. The largest absolute Gasteiger partial charge is 0.465 e. The van der Waals surface area contributed by atoms with Crippen LogP contribution in [0.1, 0.15) is 23.6 Å². The first kappa shape index (κ1) is 19.4. The Morgan fingerprint density at radius 3 is 2.81 bits per heavy atom. The number of furan rings is 1. The van der Waals surface area contributed by atoms with Crippen LogP contribution >= 0.6 is 23.1 Å². The molecule has 0 aliphatic carbocycles. The van der Waals surface area contributed by atoms with Crippen LogP contribution < -0.4 is 5.32 Å². The molecule has 2 heterocycles. The number of rotatable bonds is 7. The third-order valence-corrected chi connectivity index (χ3v) is 5.84. The topological polar surface area (TPSA) is 94.3 Å². The lowest BCUT2D eigenvalue weighted by Crippen LogP contribution is -2.14. The molecule has 9 heteroatoms. The van der Waals surface area contributed by atoms with E-state index >= 15 is 0 Å². The van der Waals surface area contributed by atoms with Gasteiger partial charge in [-0.3, -0.25) is 9.59 Å². The zero-order valence-corrected chi connectivity index (χ0v) is 16.8. The number of carbonyl (C=O) groups is 2. The summed E-state index contributed by atoms with van der Waals surface area (Å²) in [6, 6.07) is 4.01. The maximum Gasteiger partial charge on any atom is 0.316 e. The smallest absolute Gasteiger partial charge is 0.316 e. The molecule has 0 unspecified atom stereocenters. The Kier molecular flexibility index (Phi) is 6.12. The van der Waals surface area contributed by atoms with E-state index in [9.17, 15) is 9.59 Å². The van der Waals surface area contributed by atoms with Crippen LogP contribution in [-0.4, -0.2) is 34.4 Å². The Hall–Kier alpha value is -2.39. The van der Waals surface area contributed by atoms with Gasteiger partial charge in [0.1, 0.15) is 5.58 Å². The number of carbonyl (C=O) groups excluding carboxylic acids is 2. The molecule has 142 valence electrons. The van der Waals surface area contributed by atoms with E-state index in [2.05, 4.69) is 15.5 Å². The van der Waals surface area contributed by atoms with Gasteiger partial charge in [0.15, 0.2) is 4.34 Å². The summed E-state index contributed by atoms with van der Waals surface area (Å²) in [4.78, 5) is 23.7. The Balaban J connectivity index is 1.60. The normalized spacial score (nSPS) is 10.9. The second kappa shape index (κ2) is 8.53. The maximum absolute atomic E-state index is 12.3. The zero-order valence-electron chi connectivity index (χ0n) is 15.2. The van der Waals surface area contributed by atoms with Crippen molar-refractivity contribution in [3.8, 4) is 0 Å². The second-order valence-electron chi connectivity index (χ2n) is 5.89. The summed E-state index contributed by atoms with van der Waals surface area (Å²) in [5.74, 6) is -0.342. The van der Waals surface area contributed by atoms with Crippen molar-refractivity contribution >= 4 is 51.1 Å². The van der Waals surface area contributed by atoms with Crippen molar-refractivity contribution in [1.82, 2.24) is 10.2 Å². The lowest BCUT2D eigenvalue weighted by molar-refractivity contribution is -0.139. The summed E-state index contributed by atoms with van der Waals surface area (Å²) in [6.07, 6.45) is 1.80. The number of anilines is 1. The average molecular weight is 406 g/mol. The van der Waals surface area contributed by atoms with Crippen LogP contribution in [0.4, 0.5) is 5.13 Å². The molecule has 27 heavy (non-hydrogen) atoms. The number of amides is 1. The van der Waals surface area contributed by atoms with Gasteiger partial charge in [0, 0.05) is 10.9 Å². The van der Waals surface area contributed by atoms with Crippen molar-refractivity contribution in [2.45, 2.75) is 31.5 Å². The molecule has 1 aromatic carbocycles. The minimum Gasteiger partial charge on any atom is -0.465 e. The number of ether oxygens (including phenoxy) is 1. The number of aromatic nitrogens is 2. The molecule has 3 rings (SSSR count). The average Bonchev–Trinajstić information content (AvgIpc) is 3.21. The van der Waals surface area contributed by atoms with Crippen LogP contribution in [0.3, 0.4) is 0 Å². The maximum atomic E-state index is 12.3. The number of nitrogens with zero attached hydrogens (tertiary/aromatic N) is 2. The van der Waals surface area contributed by atoms with Gasteiger partial charge in [-0.1, -0.05) is 23.1 Å². The SMILES string of the molecule is CCOC(=O)CSc1nnc(NC(=O)Cc2coc3cc(C)c(C)cc23)s1. The molecular formula is C18H19N3O4S2. The summed E-state index contributed by atoms with van der Waals surface area (Å²) in [6.45, 7) is 6.16. The Labute approximate surface area is 164 Å². The van der Waals surface area contributed by atoms with Crippen molar-refractivity contribution in [3.63, 3.8) is 0 Å². The van der Waals surface area contributed by atoms with Crippen molar-refractivity contribution in [2.75, 3.05) is 17.7 Å². The van der Waals surface area contributed by atoms with E-state index in [-0.39, 0.29) is 24.1 Å². The molecule has 0 radical (unpaired) electrons. The van der Waals surface area contributed by atoms with Gasteiger partial charge in [0.25, 0.3) is 0 Å². The second-order valence-corrected chi connectivity index (χ2v) is 8.09. The first-order valence-electron chi connectivity index (χ1n) is 8.35. The highest BCUT2D eigenvalue weighted by atomic mass is 32.2. The van der Waals surface area contributed by atoms with Crippen LogP contribution in [0.5, 0.6) is 0 Å². The first-order chi connectivity index (χ1) is 13.0. The molecule has 0 bridgehead atoms. The Bertz CT molecular complexity index is 980. The Morgan fingerprint density at radius 2 is 2.04 bits per heavy atom. The fourth-order valence-corrected chi connectivity index (χ4v) is 4.02. The number of thioether (sulfide) groups is 1. The van der Waals surface area contributed by atoms with Crippen molar-refractivity contribution in [2.24, 2.45) is 0 Å². The minimum absolute atomic E-state index is 0.163. The molecule has 0 aliphatic heterocycles. The molecule has 1 N–H and O–H groups in total. The lowest BCUT2D eigenvalue weighted by atomic mass is 10.0. The molecular weight excluding hydrogens is 386 g/mol. The van der Waals surface area contributed by atoms with Gasteiger partial charge >= 0.3 is 5.97 Å². The molecule has 0 spiro atoms. The fraction of sp³-hybridized carbons (Fsp3) is 0.333. The molecule has 1 amide bonds. The number of aryl methyl sites for hydroxylation is 2. The van der Waals surface area contributed by atoms with E-state index in [4.69, 9.17) is 9.15 Å². The van der Waals surface area contributed by atoms with Crippen LogP contribution in [-0.2, 0) is 20.7 Å². The summed E-state index contributed by atoms with van der Waals surface area (Å²) in [5, 5.41) is 12.0. The molecule has 7 nitrogen and oxygen atoms in total. The van der Waals surface area contributed by atoms with E-state index in [1.54, 1.807) is 13.2 Å². The number of fused-ring (bicyclic) bond motifs is 1. The summed E-state index contributed by atoms with van der Waals surface area (Å²) >= 11 is 2.45. The molecule has 0 aliphatic rings. The summed E-state index contributed by atoms with van der Waals surface area (Å²) in [5.41, 5.74) is 3.90. The van der Waals surface area contributed by atoms with Gasteiger partial charge in [0.2, 0.25) is 11.0 Å². The zero-order chi connectivity index (χ0) is 19.4. The van der Waals surface area contributed by atoms with Crippen LogP contribution in [0, 0.1) is 13.8 Å². The predicted molar refractivity (Wildman–Crippen MR) is 105 cm³/mol. The van der Waals surface area contributed by atoms with Gasteiger partial charge in [-0.05, 0) is 44.0 Å². The van der Waals surface area contributed by atoms with Crippen molar-refractivity contribution < 1.29 is 18.7 Å². The number of hydrogen-bond donors (Lipinski definition) is 1. The van der Waals surface area contributed by atoms with Gasteiger partial charge in [-0.2, -0.15) is 0 Å². The van der Waals surface area contributed by atoms with Gasteiger partial charge in [0.05, 0.1) is 25.0 Å². The number of nitrogens with one attached hydrogen (secondary N) is 1. The lowest BCUT2D eigenvalue weighted by Gasteiger charge is -2.02. The van der Waals surface area contributed by atoms with E-state index in [0.717, 1.165) is 27.7 Å². The van der Waals surface area contributed by atoms with E-state index < -0.39 is 0 Å². The van der Waals surface area contributed by atoms with Gasteiger partial charge in [-0.15, -0.1) is 10.2 Å². The van der Waals surface area contributed by atoms with Crippen LogP contribution in [0.15, 0.2) is 27.2 Å². The van der Waals surface area contributed by atoms with Crippen LogP contribution in [0.2, 0.25) is 0 Å². The third kappa shape index (κ3) is 4.86. The molecule has 0 saturated heterocycles. The molecule has 3 aromatic rings. The monoisotopic (exact) mass is 405 g/mol. The highest BCUT2D eigenvalue weighted by Gasteiger charge is 2.14. The molecule has 0 saturated carbocycles. The number of benzene rings is 1. The van der Waals surface area contributed by atoms with Gasteiger partial charge in [-0.25, -0.2) is 0 Å². The van der Waals surface area contributed by atoms with Crippen molar-refractivity contribution in [1.29, 1.82) is 0 Å². The first-order valence-corrected chi connectivity index (χ1v) is 10.2. The third-order valence-electron chi connectivity index (χ3n) is 3.89. The summed E-state index contributed by atoms with van der Waals surface area (Å²) < 4.78 is 11.0. The standard InChI is InChI=1S/C18H19N3O4S2/c1-4-24-16(23)9-26-18-21-20-17(27-18)19-15(22)7-12-8-25-14-6-11(3)10(2)5-13(12)14/h5-6,8H,4,7,9H2,1-3H3,(H,19,20,22).